The van der Waals surface area contributed by atoms with Gasteiger partial charge in [-0.3, -0.25) is 0 Å². The minimum atomic E-state index is -1.26. The molecule has 8 nitrogen and oxygen atoms in total. The number of halogens is 2. The third-order valence-electron chi connectivity index (χ3n) is 6.38. The number of nitrogens with zero attached hydrogens (tertiary/aromatic N) is 3. The van der Waals surface area contributed by atoms with Gasteiger partial charge in [-0.15, -0.1) is 0 Å². The molecule has 2 N–H and O–H groups in total. The molecule has 39 heavy (non-hydrogen) atoms. The molecule has 2 heterocycles. The van der Waals surface area contributed by atoms with Crippen LogP contribution in [0.2, 0.25) is 0 Å². The summed E-state index contributed by atoms with van der Waals surface area (Å²) in [7, 11) is 2.17. The predicted octanol–water partition coefficient (Wildman–Crippen LogP) is 5.17. The number of unbranched alkanes of at least 4 members (excludes halogenated alkanes) is 1. The number of amidine groups is 1. The second-order valence-electron chi connectivity index (χ2n) is 9.11. The number of para-hydroxylation sites is 1. The van der Waals surface area contributed by atoms with Crippen molar-refractivity contribution in [3.63, 3.8) is 0 Å². The molecule has 4 rings (SSSR count). The SMILES string of the molecule is CN(C1=Nc2ccccc2CS1)C1CCN(CCCCOc2cccc(F)c2F)CC1.O=C(O)C=CC(=O)O. The molecule has 11 heteroatoms. The third-order valence-corrected chi connectivity index (χ3v) is 7.47. The molecule has 0 unspecified atom stereocenters. The van der Waals surface area contributed by atoms with Gasteiger partial charge in [0.2, 0.25) is 5.82 Å². The zero-order chi connectivity index (χ0) is 28.2. The quantitative estimate of drug-likeness (QED) is 0.320. The van der Waals surface area contributed by atoms with E-state index in [1.807, 2.05) is 17.8 Å². The van der Waals surface area contributed by atoms with E-state index in [0.717, 1.165) is 68.0 Å². The van der Waals surface area contributed by atoms with Crippen LogP contribution in [0.3, 0.4) is 0 Å². The van der Waals surface area contributed by atoms with Crippen LogP contribution in [-0.4, -0.2) is 76.4 Å². The van der Waals surface area contributed by atoms with Gasteiger partial charge in [0.1, 0.15) is 0 Å². The molecule has 0 atom stereocenters. The molecule has 1 saturated heterocycles. The molecule has 0 radical (unpaired) electrons. The Balaban J connectivity index is 0.000000459. The fourth-order valence-electron chi connectivity index (χ4n) is 4.24. The molecule has 2 aromatic carbocycles. The van der Waals surface area contributed by atoms with Gasteiger partial charge >= 0.3 is 11.9 Å². The van der Waals surface area contributed by atoms with Gasteiger partial charge < -0.3 is 24.7 Å². The summed E-state index contributed by atoms with van der Waals surface area (Å²) < 4.78 is 32.2. The van der Waals surface area contributed by atoms with Gasteiger partial charge in [0.05, 0.1) is 12.3 Å². The molecule has 0 aliphatic carbocycles. The zero-order valence-electron chi connectivity index (χ0n) is 21.8. The van der Waals surface area contributed by atoms with Crippen molar-refractivity contribution < 1.29 is 33.3 Å². The van der Waals surface area contributed by atoms with Crippen molar-refractivity contribution >= 4 is 34.6 Å². The molecule has 210 valence electrons. The van der Waals surface area contributed by atoms with Crippen molar-refractivity contribution in [2.45, 2.75) is 37.5 Å². The number of carboxylic acids is 2. The van der Waals surface area contributed by atoms with Crippen LogP contribution < -0.4 is 4.74 Å². The first-order chi connectivity index (χ1) is 18.7. The van der Waals surface area contributed by atoms with Crippen molar-refractivity contribution in [3.05, 3.63) is 71.8 Å². The molecule has 0 spiro atoms. The number of likely N-dealkylation sites (tertiary alicyclic amines) is 1. The minimum absolute atomic E-state index is 0.00466. The van der Waals surface area contributed by atoms with E-state index in [9.17, 15) is 18.4 Å². The number of rotatable bonds is 9. The van der Waals surface area contributed by atoms with E-state index >= 15 is 0 Å². The maximum Gasteiger partial charge on any atom is 0.328 e. The molecule has 0 saturated carbocycles. The summed E-state index contributed by atoms with van der Waals surface area (Å²) in [4.78, 5) is 28.8. The lowest BCUT2D eigenvalue weighted by atomic mass is 10.0. The zero-order valence-corrected chi connectivity index (χ0v) is 22.6. The van der Waals surface area contributed by atoms with Crippen LogP contribution >= 0.6 is 11.8 Å². The first-order valence-corrected chi connectivity index (χ1v) is 13.7. The molecule has 0 aromatic heterocycles. The van der Waals surface area contributed by atoms with Crippen LogP contribution in [0.25, 0.3) is 0 Å². The lowest BCUT2D eigenvalue weighted by Crippen LogP contribution is -2.45. The van der Waals surface area contributed by atoms with Crippen molar-refractivity contribution in [1.29, 1.82) is 0 Å². The molecule has 1 fully saturated rings. The summed E-state index contributed by atoms with van der Waals surface area (Å²) in [5, 5.41) is 16.7. The van der Waals surface area contributed by atoms with Crippen molar-refractivity contribution in [2.24, 2.45) is 4.99 Å². The van der Waals surface area contributed by atoms with E-state index in [4.69, 9.17) is 19.9 Å². The van der Waals surface area contributed by atoms with E-state index in [1.54, 1.807) is 0 Å². The first-order valence-electron chi connectivity index (χ1n) is 12.7. The van der Waals surface area contributed by atoms with Crippen LogP contribution in [0, 0.1) is 11.6 Å². The number of aliphatic imine (C=N–C) groups is 1. The van der Waals surface area contributed by atoms with E-state index in [-0.39, 0.29) is 5.75 Å². The number of hydrogen-bond acceptors (Lipinski definition) is 7. The second-order valence-corrected chi connectivity index (χ2v) is 10.1. The van der Waals surface area contributed by atoms with E-state index in [1.165, 1.54) is 17.7 Å². The Morgan fingerprint density at radius 2 is 1.77 bits per heavy atom. The van der Waals surface area contributed by atoms with Crippen LogP contribution in [0.15, 0.2) is 59.6 Å². The highest BCUT2D eigenvalue weighted by Crippen LogP contribution is 2.33. The summed E-state index contributed by atoms with van der Waals surface area (Å²) >= 11 is 1.83. The highest BCUT2D eigenvalue weighted by Gasteiger charge is 2.26. The monoisotopic (exact) mass is 561 g/mol. The highest BCUT2D eigenvalue weighted by atomic mass is 32.2. The van der Waals surface area contributed by atoms with Gasteiger partial charge in [0.25, 0.3) is 0 Å². The highest BCUT2D eigenvalue weighted by molar-refractivity contribution is 8.13. The Bertz CT molecular complexity index is 1170. The maximum atomic E-state index is 13.6. The van der Waals surface area contributed by atoms with Gasteiger partial charge in [-0.25, -0.2) is 19.0 Å². The van der Waals surface area contributed by atoms with Crippen molar-refractivity contribution in [1.82, 2.24) is 9.80 Å². The van der Waals surface area contributed by atoms with E-state index < -0.39 is 23.6 Å². The van der Waals surface area contributed by atoms with Gasteiger partial charge in [0, 0.05) is 44.1 Å². The topological polar surface area (TPSA) is 103 Å². The lowest BCUT2D eigenvalue weighted by molar-refractivity contribution is -0.134. The predicted molar refractivity (Wildman–Crippen MR) is 148 cm³/mol. The summed E-state index contributed by atoms with van der Waals surface area (Å²) in [6.45, 7) is 3.55. The summed E-state index contributed by atoms with van der Waals surface area (Å²) in [5.41, 5.74) is 2.41. The lowest BCUT2D eigenvalue weighted by Gasteiger charge is -2.38. The number of hydrogen-bond donors (Lipinski definition) is 2. The summed E-state index contributed by atoms with van der Waals surface area (Å²) in [6.07, 6.45) is 5.18. The van der Waals surface area contributed by atoms with Crippen LogP contribution in [-0.2, 0) is 15.3 Å². The minimum Gasteiger partial charge on any atom is -0.490 e. The van der Waals surface area contributed by atoms with Crippen molar-refractivity contribution in [3.8, 4) is 5.75 Å². The Kier molecular flexibility index (Phi) is 11.8. The Labute approximate surface area is 231 Å². The Hall–Kier alpha value is -3.44. The van der Waals surface area contributed by atoms with Gasteiger partial charge in [0.15, 0.2) is 16.7 Å². The normalized spacial score (nSPS) is 15.6. The van der Waals surface area contributed by atoms with Crippen molar-refractivity contribution in [2.75, 3.05) is 33.3 Å². The van der Waals surface area contributed by atoms with Gasteiger partial charge in [-0.05, 0) is 56.0 Å². The number of carbonyl (C=O) groups is 2. The fourth-order valence-corrected chi connectivity index (χ4v) is 5.29. The average molecular weight is 562 g/mol. The first kappa shape index (κ1) is 30.1. The number of aliphatic carboxylic acids is 2. The molecule has 2 aliphatic heterocycles. The standard InChI is InChI=1S/C24H29F2N3OS.C4H4O4/c1-28(24-27-21-9-3-2-7-18(21)17-31-24)19-11-14-29(15-12-19)13-4-5-16-30-22-10-6-8-20(25)23(22)26;5-3(6)1-2-4(7)8/h2-3,6-10,19H,4-5,11-17H2,1H3;1-2H,(H,5,6)(H,7,8). The third kappa shape index (κ3) is 9.67. The fraction of sp³-hybridized carbons (Fsp3) is 0.393. The Morgan fingerprint density at radius 3 is 2.46 bits per heavy atom. The van der Waals surface area contributed by atoms with Crippen LogP contribution in [0.5, 0.6) is 5.75 Å². The average Bonchev–Trinajstić information content (AvgIpc) is 2.94. The number of piperidine rings is 1. The molecular formula is C28H33F2N3O5S. The van der Waals surface area contributed by atoms with Gasteiger partial charge in [-0.1, -0.05) is 36.0 Å². The molecular weight excluding hydrogens is 528 g/mol. The number of benzene rings is 2. The summed E-state index contributed by atoms with van der Waals surface area (Å²) in [5.74, 6) is -3.31. The number of thioether (sulfide) groups is 1. The van der Waals surface area contributed by atoms with Crippen LogP contribution in [0.4, 0.5) is 14.5 Å². The number of ether oxygens (including phenoxy) is 1. The van der Waals surface area contributed by atoms with Gasteiger partial charge in [-0.2, -0.15) is 4.39 Å². The number of fused-ring (bicyclic) bond motifs is 1. The largest absolute Gasteiger partial charge is 0.490 e. The second kappa shape index (κ2) is 15.2. The molecule has 0 bridgehead atoms. The van der Waals surface area contributed by atoms with E-state index in [0.29, 0.717) is 24.8 Å². The van der Waals surface area contributed by atoms with E-state index in [2.05, 4.69) is 35.0 Å². The smallest absolute Gasteiger partial charge is 0.328 e. The Morgan fingerprint density at radius 1 is 1.08 bits per heavy atom. The van der Waals surface area contributed by atoms with Crippen LogP contribution in [0.1, 0.15) is 31.2 Å². The summed E-state index contributed by atoms with van der Waals surface area (Å²) in [6, 6.07) is 12.9. The molecule has 2 aliphatic rings. The maximum absolute atomic E-state index is 13.6. The molecule has 2 aromatic rings. The number of carboxylic acid groups (broad SMARTS) is 2. The molecule has 0 amide bonds.